The molecule has 3 fully saturated rings. The van der Waals surface area contributed by atoms with E-state index in [9.17, 15) is 9.59 Å². The van der Waals surface area contributed by atoms with Crippen molar-refractivity contribution < 1.29 is 9.59 Å². The summed E-state index contributed by atoms with van der Waals surface area (Å²) in [7, 11) is 0. The summed E-state index contributed by atoms with van der Waals surface area (Å²) < 4.78 is 0. The van der Waals surface area contributed by atoms with Gasteiger partial charge < -0.3 is 9.80 Å². The molecular formula is C19H28N2O2. The molecule has 0 radical (unpaired) electrons. The van der Waals surface area contributed by atoms with E-state index in [0.717, 1.165) is 58.3 Å². The second kappa shape index (κ2) is 6.29. The van der Waals surface area contributed by atoms with E-state index in [1.807, 2.05) is 9.80 Å². The Balaban J connectivity index is 1.53. The molecule has 0 spiro atoms. The summed E-state index contributed by atoms with van der Waals surface area (Å²) in [6.45, 7) is 3.56. The molecule has 2 saturated heterocycles. The third-order valence-corrected chi connectivity index (χ3v) is 6.37. The molecule has 2 bridgehead atoms. The largest absolute Gasteiger partial charge is 0.342 e. The number of fused-ring (bicyclic) bond motifs is 2. The fourth-order valence-corrected chi connectivity index (χ4v) is 5.15. The molecule has 4 nitrogen and oxygen atoms in total. The summed E-state index contributed by atoms with van der Waals surface area (Å²) >= 11 is 0. The standard InChI is InChI=1S/C19H28N2O2/c22-18(20-9-3-1-4-10-20)16-14-7-8-15(13-14)17(16)19(23)21-11-5-2-6-12-21/h7-8,14-17H,1-6,9-13H2/t14-,15-,16-,17-/m0/s1. The molecule has 126 valence electrons. The van der Waals surface area contributed by atoms with Crippen molar-refractivity contribution in [3.63, 3.8) is 0 Å². The molecule has 4 aliphatic rings. The number of carbonyl (C=O) groups is 2. The Morgan fingerprint density at radius 2 is 1.04 bits per heavy atom. The highest BCUT2D eigenvalue weighted by Crippen LogP contribution is 2.49. The number of hydrogen-bond acceptors (Lipinski definition) is 2. The topological polar surface area (TPSA) is 40.6 Å². The van der Waals surface area contributed by atoms with E-state index in [-0.39, 0.29) is 23.7 Å². The number of carbonyl (C=O) groups excluding carboxylic acids is 2. The molecule has 0 aromatic heterocycles. The van der Waals surface area contributed by atoms with Gasteiger partial charge in [-0.05, 0) is 56.8 Å². The number of amides is 2. The second-order valence-electron chi connectivity index (χ2n) is 7.77. The zero-order valence-electron chi connectivity index (χ0n) is 14.0. The Labute approximate surface area is 138 Å². The molecule has 0 aromatic carbocycles. The minimum absolute atomic E-state index is 0.0856. The van der Waals surface area contributed by atoms with Crippen LogP contribution in [0.25, 0.3) is 0 Å². The van der Waals surface area contributed by atoms with Crippen molar-refractivity contribution in [3.8, 4) is 0 Å². The first-order valence-corrected chi connectivity index (χ1v) is 9.51. The number of likely N-dealkylation sites (tertiary alicyclic amines) is 2. The van der Waals surface area contributed by atoms with Gasteiger partial charge in [0, 0.05) is 26.2 Å². The van der Waals surface area contributed by atoms with Gasteiger partial charge in [0.25, 0.3) is 0 Å². The number of hydrogen-bond donors (Lipinski definition) is 0. The molecule has 4 atom stereocenters. The van der Waals surface area contributed by atoms with Crippen LogP contribution in [0.15, 0.2) is 12.2 Å². The van der Waals surface area contributed by atoms with Crippen molar-refractivity contribution in [1.29, 1.82) is 0 Å². The van der Waals surface area contributed by atoms with Gasteiger partial charge in [-0.15, -0.1) is 0 Å². The quantitative estimate of drug-likeness (QED) is 0.734. The lowest BCUT2D eigenvalue weighted by atomic mass is 9.80. The molecule has 0 N–H and O–H groups in total. The monoisotopic (exact) mass is 316 g/mol. The van der Waals surface area contributed by atoms with Crippen LogP contribution in [0.3, 0.4) is 0 Å². The summed E-state index contributed by atoms with van der Waals surface area (Å²) in [5.74, 6) is 0.949. The van der Waals surface area contributed by atoms with Gasteiger partial charge >= 0.3 is 0 Å². The van der Waals surface area contributed by atoms with E-state index in [0.29, 0.717) is 11.8 Å². The maximum Gasteiger partial charge on any atom is 0.227 e. The lowest BCUT2D eigenvalue weighted by Gasteiger charge is -2.37. The number of piperidine rings is 2. The molecule has 4 heteroatoms. The van der Waals surface area contributed by atoms with E-state index in [2.05, 4.69) is 12.2 Å². The van der Waals surface area contributed by atoms with Crippen molar-refractivity contribution in [3.05, 3.63) is 12.2 Å². The highest BCUT2D eigenvalue weighted by Gasteiger charge is 2.53. The molecule has 2 aliphatic carbocycles. The third kappa shape index (κ3) is 2.70. The first kappa shape index (κ1) is 15.2. The summed E-state index contributed by atoms with van der Waals surface area (Å²) in [5.41, 5.74) is 0. The van der Waals surface area contributed by atoms with Gasteiger partial charge in [0.2, 0.25) is 11.8 Å². The number of rotatable bonds is 2. The molecule has 1 saturated carbocycles. The average molecular weight is 316 g/mol. The lowest BCUT2D eigenvalue weighted by molar-refractivity contribution is -0.148. The van der Waals surface area contributed by atoms with Gasteiger partial charge in [0.1, 0.15) is 0 Å². The van der Waals surface area contributed by atoms with Crippen LogP contribution >= 0.6 is 0 Å². The summed E-state index contributed by atoms with van der Waals surface area (Å²) in [6, 6.07) is 0. The highest BCUT2D eigenvalue weighted by atomic mass is 16.2. The lowest BCUT2D eigenvalue weighted by Crippen LogP contribution is -2.49. The minimum atomic E-state index is -0.0856. The Bertz CT molecular complexity index is 459. The van der Waals surface area contributed by atoms with Gasteiger partial charge in [-0.3, -0.25) is 9.59 Å². The van der Waals surface area contributed by atoms with Crippen LogP contribution in [0.2, 0.25) is 0 Å². The minimum Gasteiger partial charge on any atom is -0.342 e. The first-order chi connectivity index (χ1) is 11.3. The van der Waals surface area contributed by atoms with E-state index >= 15 is 0 Å². The maximum absolute atomic E-state index is 13.1. The molecular weight excluding hydrogens is 288 g/mol. The second-order valence-corrected chi connectivity index (χ2v) is 7.77. The number of nitrogens with zero attached hydrogens (tertiary/aromatic N) is 2. The van der Waals surface area contributed by atoms with E-state index in [4.69, 9.17) is 0 Å². The molecule has 0 unspecified atom stereocenters. The van der Waals surface area contributed by atoms with Crippen LogP contribution in [0, 0.1) is 23.7 Å². The van der Waals surface area contributed by atoms with E-state index in [1.54, 1.807) is 0 Å². The first-order valence-electron chi connectivity index (χ1n) is 9.51. The van der Waals surface area contributed by atoms with Crippen LogP contribution in [-0.4, -0.2) is 47.8 Å². The van der Waals surface area contributed by atoms with Crippen molar-refractivity contribution in [1.82, 2.24) is 9.80 Å². The summed E-state index contributed by atoms with van der Waals surface area (Å²) in [5, 5.41) is 0. The third-order valence-electron chi connectivity index (χ3n) is 6.37. The smallest absolute Gasteiger partial charge is 0.227 e. The highest BCUT2D eigenvalue weighted by molar-refractivity contribution is 5.90. The summed E-state index contributed by atoms with van der Waals surface area (Å²) in [6.07, 6.45) is 12.4. The van der Waals surface area contributed by atoms with Crippen LogP contribution in [0.5, 0.6) is 0 Å². The van der Waals surface area contributed by atoms with Gasteiger partial charge in [0.05, 0.1) is 11.8 Å². The summed E-state index contributed by atoms with van der Waals surface area (Å²) in [4.78, 5) is 30.3. The van der Waals surface area contributed by atoms with E-state index < -0.39 is 0 Å². The van der Waals surface area contributed by atoms with Gasteiger partial charge in [0.15, 0.2) is 0 Å². The van der Waals surface area contributed by atoms with Crippen LogP contribution in [0.1, 0.15) is 44.9 Å². The molecule has 0 aromatic rings. The SMILES string of the molecule is O=C([C@@H]1[C@@H](C(=O)N2CCCCC2)[C@H]2C=C[C@H]1C2)N1CCCCC1. The predicted molar refractivity (Wildman–Crippen MR) is 88.6 cm³/mol. The maximum atomic E-state index is 13.1. The number of allylic oxidation sites excluding steroid dienone is 2. The fourth-order valence-electron chi connectivity index (χ4n) is 5.15. The molecule has 4 rings (SSSR count). The Morgan fingerprint density at radius 3 is 1.43 bits per heavy atom. The van der Waals surface area contributed by atoms with Crippen LogP contribution < -0.4 is 0 Å². The van der Waals surface area contributed by atoms with Gasteiger partial charge in [-0.1, -0.05) is 12.2 Å². The predicted octanol–water partition coefficient (Wildman–Crippen LogP) is 2.45. The molecule has 2 heterocycles. The zero-order chi connectivity index (χ0) is 15.8. The fraction of sp³-hybridized carbons (Fsp3) is 0.789. The van der Waals surface area contributed by atoms with E-state index in [1.165, 1.54) is 12.8 Å². The van der Waals surface area contributed by atoms with Gasteiger partial charge in [-0.2, -0.15) is 0 Å². The van der Waals surface area contributed by atoms with Crippen molar-refractivity contribution >= 4 is 11.8 Å². The Kier molecular flexibility index (Phi) is 4.16. The average Bonchev–Trinajstić information content (AvgIpc) is 3.23. The zero-order valence-corrected chi connectivity index (χ0v) is 14.0. The van der Waals surface area contributed by atoms with Crippen molar-refractivity contribution in [2.75, 3.05) is 26.2 Å². The van der Waals surface area contributed by atoms with Gasteiger partial charge in [-0.25, -0.2) is 0 Å². The van der Waals surface area contributed by atoms with Crippen LogP contribution in [-0.2, 0) is 9.59 Å². The van der Waals surface area contributed by atoms with Crippen LogP contribution in [0.4, 0.5) is 0 Å². The Hall–Kier alpha value is -1.32. The van der Waals surface area contributed by atoms with Crippen molar-refractivity contribution in [2.24, 2.45) is 23.7 Å². The Morgan fingerprint density at radius 1 is 0.652 bits per heavy atom. The van der Waals surface area contributed by atoms with Crippen molar-refractivity contribution in [2.45, 2.75) is 44.9 Å². The normalized spacial score (nSPS) is 36.5. The molecule has 23 heavy (non-hydrogen) atoms. The molecule has 2 aliphatic heterocycles. The molecule has 2 amide bonds.